The van der Waals surface area contributed by atoms with Gasteiger partial charge in [0.25, 0.3) is 0 Å². The quantitative estimate of drug-likeness (QED) is 0.662. The molecule has 0 aromatic heterocycles. The Morgan fingerprint density at radius 2 is 2.17 bits per heavy atom. The Bertz CT molecular complexity index is 272. The van der Waals surface area contributed by atoms with Crippen molar-refractivity contribution >= 4 is 11.8 Å². The van der Waals surface area contributed by atoms with E-state index in [0.717, 1.165) is 6.42 Å². The first-order valence-electron chi connectivity index (χ1n) is 4.35. The molecule has 1 heterocycles. The molecule has 0 spiro atoms. The normalized spacial score (nSPS) is 22.9. The van der Waals surface area contributed by atoms with Gasteiger partial charge in [-0.1, -0.05) is 18.2 Å². The van der Waals surface area contributed by atoms with Crippen molar-refractivity contribution in [1.82, 2.24) is 0 Å². The van der Waals surface area contributed by atoms with Crippen LogP contribution in [0.15, 0.2) is 29.2 Å². The summed E-state index contributed by atoms with van der Waals surface area (Å²) in [6.07, 6.45) is 2.37. The summed E-state index contributed by atoms with van der Waals surface area (Å²) in [4.78, 5) is 1.38. The van der Waals surface area contributed by atoms with Crippen LogP contribution in [0.1, 0.15) is 24.4 Å². The first kappa shape index (κ1) is 8.14. The predicted octanol–water partition coefficient (Wildman–Crippen LogP) is 2.57. The minimum Gasteiger partial charge on any atom is -0.324 e. The summed E-state index contributed by atoms with van der Waals surface area (Å²) < 4.78 is 0. The largest absolute Gasteiger partial charge is 0.324 e. The molecule has 2 rings (SSSR count). The highest BCUT2D eigenvalue weighted by molar-refractivity contribution is 7.99. The van der Waals surface area contributed by atoms with Gasteiger partial charge in [-0.15, -0.1) is 11.8 Å². The van der Waals surface area contributed by atoms with Crippen LogP contribution in [0.5, 0.6) is 0 Å². The Morgan fingerprint density at radius 1 is 1.33 bits per heavy atom. The number of thioether (sulfide) groups is 1. The Labute approximate surface area is 77.3 Å². The Kier molecular flexibility index (Phi) is 2.38. The summed E-state index contributed by atoms with van der Waals surface area (Å²) in [5.74, 6) is 1.21. The van der Waals surface area contributed by atoms with Crippen LogP contribution >= 0.6 is 11.8 Å². The molecule has 1 nitrogen and oxygen atoms in total. The highest BCUT2D eigenvalue weighted by Crippen LogP contribution is 2.32. The van der Waals surface area contributed by atoms with E-state index in [1.54, 1.807) is 0 Å². The number of rotatable bonds is 0. The van der Waals surface area contributed by atoms with E-state index in [2.05, 4.69) is 24.3 Å². The zero-order chi connectivity index (χ0) is 8.39. The number of fused-ring (bicyclic) bond motifs is 1. The zero-order valence-electron chi connectivity index (χ0n) is 6.99. The molecule has 12 heavy (non-hydrogen) atoms. The van der Waals surface area contributed by atoms with E-state index in [1.807, 2.05) is 11.8 Å². The van der Waals surface area contributed by atoms with Crippen molar-refractivity contribution in [2.45, 2.75) is 23.8 Å². The third-order valence-corrected chi connectivity index (χ3v) is 3.41. The predicted molar refractivity (Wildman–Crippen MR) is 53.3 cm³/mol. The number of nitrogens with two attached hydrogens (primary N) is 1. The van der Waals surface area contributed by atoms with Gasteiger partial charge in [-0.25, -0.2) is 0 Å². The van der Waals surface area contributed by atoms with Crippen molar-refractivity contribution in [3.8, 4) is 0 Å². The van der Waals surface area contributed by atoms with Gasteiger partial charge < -0.3 is 5.73 Å². The minimum atomic E-state index is 0.260. The number of hydrogen-bond acceptors (Lipinski definition) is 2. The van der Waals surface area contributed by atoms with E-state index in [9.17, 15) is 0 Å². The van der Waals surface area contributed by atoms with Crippen molar-refractivity contribution in [1.29, 1.82) is 0 Å². The van der Waals surface area contributed by atoms with Gasteiger partial charge in [0, 0.05) is 10.9 Å². The average Bonchev–Trinajstić information content (AvgIpc) is 2.29. The average molecular weight is 179 g/mol. The Hall–Kier alpha value is -0.470. The number of hydrogen-bond donors (Lipinski definition) is 1. The maximum Gasteiger partial charge on any atom is 0.0306 e. The second-order valence-corrected chi connectivity index (χ2v) is 4.27. The van der Waals surface area contributed by atoms with Crippen LogP contribution in [-0.2, 0) is 0 Å². The van der Waals surface area contributed by atoms with Gasteiger partial charge in [-0.2, -0.15) is 0 Å². The molecule has 0 saturated carbocycles. The van der Waals surface area contributed by atoms with E-state index in [0.29, 0.717) is 0 Å². The SMILES string of the molecule is NC1CCCSc2ccccc21. The Morgan fingerprint density at radius 3 is 3.08 bits per heavy atom. The first-order chi connectivity index (χ1) is 5.88. The highest BCUT2D eigenvalue weighted by atomic mass is 32.2. The molecule has 0 bridgehead atoms. The third kappa shape index (κ3) is 1.50. The maximum atomic E-state index is 6.03. The van der Waals surface area contributed by atoms with Crippen molar-refractivity contribution in [3.63, 3.8) is 0 Å². The summed E-state index contributed by atoms with van der Waals surface area (Å²) in [5, 5.41) is 0. The maximum absolute atomic E-state index is 6.03. The third-order valence-electron chi connectivity index (χ3n) is 2.24. The van der Waals surface area contributed by atoms with Crippen LogP contribution in [0, 0.1) is 0 Å². The van der Waals surface area contributed by atoms with Gasteiger partial charge in [0.2, 0.25) is 0 Å². The van der Waals surface area contributed by atoms with Crippen molar-refractivity contribution in [2.24, 2.45) is 5.73 Å². The smallest absolute Gasteiger partial charge is 0.0306 e. The van der Waals surface area contributed by atoms with E-state index in [-0.39, 0.29) is 6.04 Å². The highest BCUT2D eigenvalue weighted by Gasteiger charge is 2.13. The molecule has 1 aromatic rings. The van der Waals surface area contributed by atoms with Gasteiger partial charge >= 0.3 is 0 Å². The lowest BCUT2D eigenvalue weighted by Crippen LogP contribution is -2.09. The topological polar surface area (TPSA) is 26.0 Å². The van der Waals surface area contributed by atoms with Crippen LogP contribution < -0.4 is 5.73 Å². The molecular weight excluding hydrogens is 166 g/mol. The van der Waals surface area contributed by atoms with Crippen LogP contribution in [0.2, 0.25) is 0 Å². The van der Waals surface area contributed by atoms with E-state index in [4.69, 9.17) is 5.73 Å². The molecule has 1 aliphatic heterocycles. The fourth-order valence-electron chi connectivity index (χ4n) is 1.56. The zero-order valence-corrected chi connectivity index (χ0v) is 7.81. The van der Waals surface area contributed by atoms with E-state index >= 15 is 0 Å². The summed E-state index contributed by atoms with van der Waals surface area (Å²) in [6, 6.07) is 8.74. The summed E-state index contributed by atoms with van der Waals surface area (Å²) in [6.45, 7) is 0. The van der Waals surface area contributed by atoms with Gasteiger partial charge in [0.15, 0.2) is 0 Å². The molecule has 0 radical (unpaired) electrons. The van der Waals surface area contributed by atoms with Crippen LogP contribution in [0.25, 0.3) is 0 Å². The standard InChI is InChI=1S/C10H13NS/c11-9-5-3-7-12-10-6-2-1-4-8(9)10/h1-2,4,6,9H,3,5,7,11H2. The van der Waals surface area contributed by atoms with Gasteiger partial charge in [-0.3, -0.25) is 0 Å². The van der Waals surface area contributed by atoms with Gasteiger partial charge in [0.1, 0.15) is 0 Å². The molecule has 0 amide bonds. The fraction of sp³-hybridized carbons (Fsp3) is 0.400. The molecule has 2 heteroatoms. The molecule has 0 saturated heterocycles. The monoisotopic (exact) mass is 179 g/mol. The molecule has 64 valence electrons. The van der Waals surface area contributed by atoms with E-state index in [1.165, 1.54) is 22.6 Å². The van der Waals surface area contributed by atoms with Gasteiger partial charge in [0.05, 0.1) is 0 Å². The molecule has 2 N–H and O–H groups in total. The van der Waals surface area contributed by atoms with Crippen LogP contribution in [0.4, 0.5) is 0 Å². The van der Waals surface area contributed by atoms with E-state index < -0.39 is 0 Å². The molecule has 1 aliphatic rings. The van der Waals surface area contributed by atoms with Crippen LogP contribution in [0.3, 0.4) is 0 Å². The lowest BCUT2D eigenvalue weighted by Gasteiger charge is -2.10. The summed E-state index contributed by atoms with van der Waals surface area (Å²) in [5.41, 5.74) is 7.37. The second kappa shape index (κ2) is 3.50. The summed E-state index contributed by atoms with van der Waals surface area (Å²) in [7, 11) is 0. The van der Waals surface area contributed by atoms with Crippen molar-refractivity contribution in [3.05, 3.63) is 29.8 Å². The Balaban J connectivity index is 2.39. The molecular formula is C10H13NS. The van der Waals surface area contributed by atoms with Crippen molar-refractivity contribution in [2.75, 3.05) is 5.75 Å². The molecule has 1 aromatic carbocycles. The molecule has 0 fully saturated rings. The number of benzene rings is 1. The van der Waals surface area contributed by atoms with Gasteiger partial charge in [-0.05, 0) is 30.2 Å². The van der Waals surface area contributed by atoms with Crippen LogP contribution in [-0.4, -0.2) is 5.75 Å². The lowest BCUT2D eigenvalue weighted by atomic mass is 10.0. The molecule has 1 atom stereocenters. The minimum absolute atomic E-state index is 0.260. The molecule has 1 unspecified atom stereocenters. The van der Waals surface area contributed by atoms with Crippen molar-refractivity contribution < 1.29 is 0 Å². The fourth-order valence-corrected chi connectivity index (χ4v) is 2.65. The lowest BCUT2D eigenvalue weighted by molar-refractivity contribution is 0.640. The second-order valence-electron chi connectivity index (χ2n) is 3.14. The summed E-state index contributed by atoms with van der Waals surface area (Å²) >= 11 is 1.93. The first-order valence-corrected chi connectivity index (χ1v) is 5.34. The molecule has 0 aliphatic carbocycles.